The molecule has 5 aromatic rings. The van der Waals surface area contributed by atoms with E-state index < -0.39 is 5.92 Å². The molecule has 4 aromatic carbocycles. The standard InChI is InChI=1S/C28H23N3O2/c29-27(32)24(17-19-7-3-1-4-8-19)21-13-16-25-26(18-21)31-28(30-25)20-11-14-23(15-12-20)33-22-9-5-2-6-10-22/h1-16,18,24H,17H2,(H2,29,32)(H,30,31). The molecule has 0 bridgehead atoms. The summed E-state index contributed by atoms with van der Waals surface area (Å²) < 4.78 is 5.87. The number of aromatic amines is 1. The van der Waals surface area contributed by atoms with E-state index in [9.17, 15) is 4.79 Å². The molecule has 0 fully saturated rings. The minimum absolute atomic E-state index is 0.341. The number of imidazole rings is 1. The number of amides is 1. The first-order valence-corrected chi connectivity index (χ1v) is 10.8. The number of aromatic nitrogens is 2. The van der Waals surface area contributed by atoms with Crippen LogP contribution in [0.3, 0.4) is 0 Å². The van der Waals surface area contributed by atoms with Gasteiger partial charge in [-0.1, -0.05) is 54.6 Å². The van der Waals surface area contributed by atoms with Gasteiger partial charge in [0.05, 0.1) is 17.0 Å². The molecule has 0 saturated heterocycles. The first-order valence-electron chi connectivity index (χ1n) is 10.8. The predicted molar refractivity (Wildman–Crippen MR) is 130 cm³/mol. The van der Waals surface area contributed by atoms with Gasteiger partial charge in [0, 0.05) is 5.56 Å². The van der Waals surface area contributed by atoms with Gasteiger partial charge in [-0.25, -0.2) is 4.98 Å². The van der Waals surface area contributed by atoms with Gasteiger partial charge >= 0.3 is 0 Å². The van der Waals surface area contributed by atoms with Crippen molar-refractivity contribution in [3.05, 3.63) is 114 Å². The molecule has 0 spiro atoms. The number of carbonyl (C=O) groups is 1. The third-order valence-corrected chi connectivity index (χ3v) is 5.64. The molecule has 1 amide bonds. The number of benzene rings is 4. The minimum atomic E-state index is -0.405. The first kappa shape index (κ1) is 20.5. The van der Waals surface area contributed by atoms with Crippen LogP contribution in [0.15, 0.2) is 103 Å². The Morgan fingerprint density at radius 1 is 0.848 bits per heavy atom. The molecule has 5 heteroatoms. The lowest BCUT2D eigenvalue weighted by Gasteiger charge is -2.14. The maximum absolute atomic E-state index is 12.2. The lowest BCUT2D eigenvalue weighted by atomic mass is 9.91. The molecule has 0 aliphatic carbocycles. The highest BCUT2D eigenvalue weighted by Crippen LogP contribution is 2.28. The van der Waals surface area contributed by atoms with Crippen molar-refractivity contribution >= 4 is 16.9 Å². The zero-order valence-corrected chi connectivity index (χ0v) is 17.9. The lowest BCUT2D eigenvalue weighted by molar-refractivity contribution is -0.119. The number of fused-ring (bicyclic) bond motifs is 1. The summed E-state index contributed by atoms with van der Waals surface area (Å²) in [5.41, 5.74) is 10.3. The number of para-hydroxylation sites is 1. The van der Waals surface area contributed by atoms with E-state index in [1.165, 1.54) is 0 Å². The van der Waals surface area contributed by atoms with Gasteiger partial charge in [-0.15, -0.1) is 0 Å². The summed E-state index contributed by atoms with van der Waals surface area (Å²) >= 11 is 0. The number of nitrogens with one attached hydrogen (secondary N) is 1. The molecule has 0 radical (unpaired) electrons. The largest absolute Gasteiger partial charge is 0.457 e. The summed E-state index contributed by atoms with van der Waals surface area (Å²) in [7, 11) is 0. The molecular weight excluding hydrogens is 410 g/mol. The third kappa shape index (κ3) is 4.62. The molecule has 3 N–H and O–H groups in total. The zero-order valence-electron chi connectivity index (χ0n) is 17.9. The number of carbonyl (C=O) groups excluding carboxylic acids is 1. The van der Waals surface area contributed by atoms with E-state index in [1.54, 1.807) is 0 Å². The molecule has 0 aliphatic heterocycles. The van der Waals surface area contributed by atoms with Gasteiger partial charge in [0.2, 0.25) is 5.91 Å². The molecule has 162 valence electrons. The summed E-state index contributed by atoms with van der Waals surface area (Å²) in [4.78, 5) is 20.3. The molecule has 5 nitrogen and oxygen atoms in total. The number of hydrogen-bond acceptors (Lipinski definition) is 3. The summed E-state index contributed by atoms with van der Waals surface area (Å²) in [6.07, 6.45) is 0.561. The van der Waals surface area contributed by atoms with Crippen molar-refractivity contribution in [1.82, 2.24) is 9.97 Å². The van der Waals surface area contributed by atoms with Crippen molar-refractivity contribution in [2.75, 3.05) is 0 Å². The van der Waals surface area contributed by atoms with E-state index in [-0.39, 0.29) is 5.91 Å². The van der Waals surface area contributed by atoms with E-state index in [0.29, 0.717) is 6.42 Å². The molecule has 1 aromatic heterocycles. The summed E-state index contributed by atoms with van der Waals surface area (Å²) in [6, 6.07) is 33.2. The highest BCUT2D eigenvalue weighted by molar-refractivity contribution is 5.85. The normalized spacial score (nSPS) is 11.9. The highest BCUT2D eigenvalue weighted by Gasteiger charge is 2.19. The molecule has 1 heterocycles. The topological polar surface area (TPSA) is 81.0 Å². The van der Waals surface area contributed by atoms with Crippen molar-refractivity contribution in [1.29, 1.82) is 0 Å². The van der Waals surface area contributed by atoms with Crippen molar-refractivity contribution < 1.29 is 9.53 Å². The Morgan fingerprint density at radius 2 is 1.52 bits per heavy atom. The van der Waals surface area contributed by atoms with Crippen molar-refractivity contribution in [3.63, 3.8) is 0 Å². The van der Waals surface area contributed by atoms with Crippen LogP contribution in [-0.4, -0.2) is 15.9 Å². The smallest absolute Gasteiger partial charge is 0.225 e. The van der Waals surface area contributed by atoms with Gasteiger partial charge in [-0.3, -0.25) is 4.79 Å². The number of nitrogens with zero attached hydrogens (tertiary/aromatic N) is 1. The zero-order chi connectivity index (χ0) is 22.6. The van der Waals surface area contributed by atoms with Gasteiger partial charge in [-0.05, 0) is 66.1 Å². The van der Waals surface area contributed by atoms with E-state index in [1.807, 2.05) is 103 Å². The van der Waals surface area contributed by atoms with Gasteiger partial charge in [0.25, 0.3) is 0 Å². The molecule has 0 saturated carbocycles. The minimum Gasteiger partial charge on any atom is -0.457 e. The first-order chi connectivity index (χ1) is 16.2. The van der Waals surface area contributed by atoms with Crippen LogP contribution < -0.4 is 10.5 Å². The van der Waals surface area contributed by atoms with Crippen LogP contribution in [0, 0.1) is 0 Å². The van der Waals surface area contributed by atoms with E-state index >= 15 is 0 Å². The Balaban J connectivity index is 1.39. The van der Waals surface area contributed by atoms with Gasteiger partial charge < -0.3 is 15.5 Å². The van der Waals surface area contributed by atoms with Crippen LogP contribution in [-0.2, 0) is 11.2 Å². The van der Waals surface area contributed by atoms with Crippen LogP contribution >= 0.6 is 0 Å². The number of H-pyrrole nitrogens is 1. The van der Waals surface area contributed by atoms with Gasteiger partial charge in [0.1, 0.15) is 17.3 Å². The Kier molecular flexibility index (Phi) is 5.60. The Labute approximate surface area is 191 Å². The summed E-state index contributed by atoms with van der Waals surface area (Å²) in [5, 5.41) is 0. The Morgan fingerprint density at radius 3 is 2.21 bits per heavy atom. The van der Waals surface area contributed by atoms with E-state index in [2.05, 4.69) is 4.98 Å². The molecule has 5 rings (SSSR count). The van der Waals surface area contributed by atoms with Crippen LogP contribution in [0.1, 0.15) is 17.0 Å². The molecular formula is C28H23N3O2. The summed E-state index contributed by atoms with van der Waals surface area (Å²) in [5.74, 6) is 1.56. The summed E-state index contributed by atoms with van der Waals surface area (Å²) in [6.45, 7) is 0. The second-order valence-corrected chi connectivity index (χ2v) is 7.95. The van der Waals surface area contributed by atoms with Crippen LogP contribution in [0.5, 0.6) is 11.5 Å². The highest BCUT2D eigenvalue weighted by atomic mass is 16.5. The predicted octanol–water partition coefficient (Wildman–Crippen LogP) is 5.83. The lowest BCUT2D eigenvalue weighted by Crippen LogP contribution is -2.23. The number of nitrogens with two attached hydrogens (primary N) is 1. The monoisotopic (exact) mass is 433 g/mol. The average Bonchev–Trinajstić information content (AvgIpc) is 3.27. The Bertz CT molecular complexity index is 1380. The van der Waals surface area contributed by atoms with Crippen molar-refractivity contribution in [3.8, 4) is 22.9 Å². The van der Waals surface area contributed by atoms with Crippen LogP contribution in [0.4, 0.5) is 0 Å². The third-order valence-electron chi connectivity index (χ3n) is 5.64. The second kappa shape index (κ2) is 9.01. The number of primary amides is 1. The molecule has 0 aliphatic rings. The maximum Gasteiger partial charge on any atom is 0.225 e. The average molecular weight is 434 g/mol. The van der Waals surface area contributed by atoms with Crippen LogP contribution in [0.25, 0.3) is 22.4 Å². The van der Waals surface area contributed by atoms with Crippen molar-refractivity contribution in [2.24, 2.45) is 5.73 Å². The second-order valence-electron chi connectivity index (χ2n) is 7.95. The molecule has 1 atom stereocenters. The fourth-order valence-corrected chi connectivity index (χ4v) is 3.92. The van der Waals surface area contributed by atoms with E-state index in [0.717, 1.165) is 45.0 Å². The fraction of sp³-hybridized carbons (Fsp3) is 0.0714. The van der Waals surface area contributed by atoms with Gasteiger partial charge in [-0.2, -0.15) is 0 Å². The SMILES string of the molecule is NC(=O)C(Cc1ccccc1)c1ccc2nc(-c3ccc(Oc4ccccc4)cc3)[nH]c2c1. The number of ether oxygens (including phenoxy) is 1. The fourth-order valence-electron chi connectivity index (χ4n) is 3.92. The molecule has 33 heavy (non-hydrogen) atoms. The quantitative estimate of drug-likeness (QED) is 0.339. The van der Waals surface area contributed by atoms with E-state index in [4.69, 9.17) is 15.5 Å². The Hall–Kier alpha value is -4.38. The number of rotatable bonds is 7. The van der Waals surface area contributed by atoms with Crippen molar-refractivity contribution in [2.45, 2.75) is 12.3 Å². The van der Waals surface area contributed by atoms with Gasteiger partial charge in [0.15, 0.2) is 0 Å². The maximum atomic E-state index is 12.2. The number of hydrogen-bond donors (Lipinski definition) is 2. The molecule has 1 unspecified atom stereocenters. The van der Waals surface area contributed by atoms with Crippen LogP contribution in [0.2, 0.25) is 0 Å².